The number of rotatable bonds is 10. The maximum absolute atomic E-state index is 12.5. The molecule has 2 aromatic heterocycles. The molecule has 1 amide bonds. The Balaban J connectivity index is 1.60. The van der Waals surface area contributed by atoms with Crippen LogP contribution in [0.1, 0.15) is 23.7 Å². The van der Waals surface area contributed by atoms with Crippen molar-refractivity contribution in [1.29, 1.82) is 0 Å². The van der Waals surface area contributed by atoms with Crippen LogP contribution in [-0.4, -0.2) is 35.6 Å². The molecule has 29 heavy (non-hydrogen) atoms. The summed E-state index contributed by atoms with van der Waals surface area (Å²) in [5.41, 5.74) is 1.27. The van der Waals surface area contributed by atoms with E-state index in [1.807, 2.05) is 49.4 Å². The fourth-order valence-electron chi connectivity index (χ4n) is 2.56. The number of amides is 1. The van der Waals surface area contributed by atoms with Gasteiger partial charge in [-0.05, 0) is 61.9 Å². The van der Waals surface area contributed by atoms with Crippen LogP contribution < -0.4 is 15.4 Å². The standard InChI is InChI=1S/C22H24N4O3/c1-2-28-16-6-15-24-21(27)19-7-5-14-25-22(19)29-18-11-9-17(10-12-18)26-20-8-3-4-13-23-20/h3-5,7-14H,2,6,15-16H2,1H3,(H,23,26)(H,24,27). The smallest absolute Gasteiger partial charge is 0.256 e. The zero-order valence-electron chi connectivity index (χ0n) is 16.3. The number of hydrogen-bond acceptors (Lipinski definition) is 6. The molecule has 0 aliphatic heterocycles. The normalized spacial score (nSPS) is 10.4. The fourth-order valence-corrected chi connectivity index (χ4v) is 2.56. The van der Waals surface area contributed by atoms with Crippen LogP contribution in [0.25, 0.3) is 0 Å². The zero-order chi connectivity index (χ0) is 20.3. The van der Waals surface area contributed by atoms with Crippen molar-refractivity contribution in [2.75, 3.05) is 25.1 Å². The number of carbonyl (C=O) groups excluding carboxylic acids is 1. The van der Waals surface area contributed by atoms with Crippen molar-refractivity contribution < 1.29 is 14.3 Å². The highest BCUT2D eigenvalue weighted by atomic mass is 16.5. The van der Waals surface area contributed by atoms with E-state index < -0.39 is 0 Å². The molecular formula is C22H24N4O3. The highest BCUT2D eigenvalue weighted by Crippen LogP contribution is 2.25. The molecule has 2 N–H and O–H groups in total. The molecule has 7 heteroatoms. The first-order chi connectivity index (χ1) is 14.3. The Kier molecular flexibility index (Phi) is 7.54. The van der Waals surface area contributed by atoms with Crippen molar-refractivity contribution in [2.24, 2.45) is 0 Å². The van der Waals surface area contributed by atoms with Gasteiger partial charge in [-0.2, -0.15) is 0 Å². The van der Waals surface area contributed by atoms with E-state index in [0.29, 0.717) is 31.1 Å². The summed E-state index contributed by atoms with van der Waals surface area (Å²) in [6, 6.07) is 16.4. The molecule has 7 nitrogen and oxygen atoms in total. The van der Waals surface area contributed by atoms with Crippen LogP contribution in [-0.2, 0) is 4.74 Å². The van der Waals surface area contributed by atoms with Gasteiger partial charge < -0.3 is 20.1 Å². The minimum atomic E-state index is -0.224. The van der Waals surface area contributed by atoms with E-state index in [4.69, 9.17) is 9.47 Å². The summed E-state index contributed by atoms with van der Waals surface area (Å²) in [5, 5.41) is 6.07. The third kappa shape index (κ3) is 6.29. The second-order valence-corrected chi connectivity index (χ2v) is 6.13. The van der Waals surface area contributed by atoms with Crippen molar-refractivity contribution in [3.05, 3.63) is 72.6 Å². The van der Waals surface area contributed by atoms with E-state index in [0.717, 1.165) is 17.9 Å². The van der Waals surface area contributed by atoms with Gasteiger partial charge >= 0.3 is 0 Å². The third-order valence-electron chi connectivity index (χ3n) is 3.98. The van der Waals surface area contributed by atoms with Crippen LogP contribution in [0.4, 0.5) is 11.5 Å². The zero-order valence-corrected chi connectivity index (χ0v) is 16.3. The molecule has 1 aromatic carbocycles. The van der Waals surface area contributed by atoms with E-state index in [2.05, 4.69) is 20.6 Å². The van der Waals surface area contributed by atoms with Gasteiger partial charge in [0, 0.05) is 37.8 Å². The van der Waals surface area contributed by atoms with Crippen LogP contribution in [0.3, 0.4) is 0 Å². The number of anilines is 2. The van der Waals surface area contributed by atoms with Gasteiger partial charge in [0.2, 0.25) is 5.88 Å². The van der Waals surface area contributed by atoms with Crippen LogP contribution >= 0.6 is 0 Å². The average Bonchev–Trinajstić information content (AvgIpc) is 2.76. The summed E-state index contributed by atoms with van der Waals surface area (Å²) >= 11 is 0. The van der Waals surface area contributed by atoms with Gasteiger partial charge in [0.05, 0.1) is 0 Å². The molecule has 0 saturated carbocycles. The molecular weight excluding hydrogens is 368 g/mol. The monoisotopic (exact) mass is 392 g/mol. The third-order valence-corrected chi connectivity index (χ3v) is 3.98. The number of benzene rings is 1. The van der Waals surface area contributed by atoms with E-state index >= 15 is 0 Å². The Morgan fingerprint density at radius 2 is 1.83 bits per heavy atom. The van der Waals surface area contributed by atoms with Gasteiger partial charge in [-0.25, -0.2) is 9.97 Å². The Labute approximate surface area is 170 Å². The van der Waals surface area contributed by atoms with Crippen LogP contribution in [0.2, 0.25) is 0 Å². The summed E-state index contributed by atoms with van der Waals surface area (Å²) in [7, 11) is 0. The van der Waals surface area contributed by atoms with Gasteiger partial charge in [-0.3, -0.25) is 4.79 Å². The number of hydrogen-bond donors (Lipinski definition) is 2. The lowest BCUT2D eigenvalue weighted by Crippen LogP contribution is -2.25. The second kappa shape index (κ2) is 10.8. The highest BCUT2D eigenvalue weighted by Gasteiger charge is 2.14. The van der Waals surface area contributed by atoms with Crippen molar-refractivity contribution in [2.45, 2.75) is 13.3 Å². The first kappa shape index (κ1) is 20.3. The highest BCUT2D eigenvalue weighted by molar-refractivity contribution is 5.96. The van der Waals surface area contributed by atoms with Crippen molar-refractivity contribution >= 4 is 17.4 Å². The molecule has 0 bridgehead atoms. The molecule has 0 fully saturated rings. The van der Waals surface area contributed by atoms with Gasteiger partial charge in [-0.1, -0.05) is 6.07 Å². The summed E-state index contributed by atoms with van der Waals surface area (Å²) in [6.45, 7) is 3.76. The molecule has 0 aliphatic rings. The van der Waals surface area contributed by atoms with E-state index in [1.165, 1.54) is 0 Å². The van der Waals surface area contributed by atoms with Crippen LogP contribution in [0, 0.1) is 0 Å². The Bertz CT molecular complexity index is 901. The summed E-state index contributed by atoms with van der Waals surface area (Å²) in [6.07, 6.45) is 4.07. The molecule has 2 heterocycles. The lowest BCUT2D eigenvalue weighted by Gasteiger charge is -2.11. The molecule has 3 rings (SSSR count). The van der Waals surface area contributed by atoms with E-state index in [1.54, 1.807) is 24.5 Å². The molecule has 0 unspecified atom stereocenters. The maximum atomic E-state index is 12.5. The minimum Gasteiger partial charge on any atom is -0.438 e. The second-order valence-electron chi connectivity index (χ2n) is 6.13. The van der Waals surface area contributed by atoms with Crippen molar-refractivity contribution in [3.8, 4) is 11.6 Å². The molecule has 0 saturated heterocycles. The molecule has 0 atom stereocenters. The molecule has 3 aromatic rings. The minimum absolute atomic E-state index is 0.224. The topological polar surface area (TPSA) is 85.4 Å². The number of ether oxygens (including phenoxy) is 2. The van der Waals surface area contributed by atoms with Crippen LogP contribution in [0.15, 0.2) is 67.0 Å². The van der Waals surface area contributed by atoms with E-state index in [9.17, 15) is 4.79 Å². The Morgan fingerprint density at radius 1 is 1.00 bits per heavy atom. The molecule has 0 radical (unpaired) electrons. The molecule has 150 valence electrons. The summed E-state index contributed by atoms with van der Waals surface area (Å²) in [4.78, 5) is 20.9. The van der Waals surface area contributed by atoms with Crippen LogP contribution in [0.5, 0.6) is 11.6 Å². The fraction of sp³-hybridized carbons (Fsp3) is 0.227. The molecule has 0 spiro atoms. The molecule has 0 aliphatic carbocycles. The average molecular weight is 392 g/mol. The lowest BCUT2D eigenvalue weighted by molar-refractivity contribution is 0.0941. The van der Waals surface area contributed by atoms with Gasteiger partial charge in [0.1, 0.15) is 17.1 Å². The van der Waals surface area contributed by atoms with Crippen molar-refractivity contribution in [3.63, 3.8) is 0 Å². The van der Waals surface area contributed by atoms with Crippen molar-refractivity contribution in [1.82, 2.24) is 15.3 Å². The predicted octanol–water partition coefficient (Wildman–Crippen LogP) is 4.17. The lowest BCUT2D eigenvalue weighted by atomic mass is 10.2. The Morgan fingerprint density at radius 3 is 2.59 bits per heavy atom. The first-order valence-corrected chi connectivity index (χ1v) is 9.53. The van der Waals surface area contributed by atoms with Gasteiger partial charge in [-0.15, -0.1) is 0 Å². The quantitative estimate of drug-likeness (QED) is 0.504. The SMILES string of the molecule is CCOCCCNC(=O)c1cccnc1Oc1ccc(Nc2ccccn2)cc1. The number of aromatic nitrogens is 2. The Hall–Kier alpha value is -3.45. The number of pyridine rings is 2. The largest absolute Gasteiger partial charge is 0.438 e. The number of nitrogens with zero attached hydrogens (tertiary/aromatic N) is 2. The van der Waals surface area contributed by atoms with Gasteiger partial charge in [0.15, 0.2) is 0 Å². The predicted molar refractivity (Wildman–Crippen MR) is 112 cm³/mol. The maximum Gasteiger partial charge on any atom is 0.256 e. The number of carbonyl (C=O) groups is 1. The van der Waals surface area contributed by atoms with Gasteiger partial charge in [0.25, 0.3) is 5.91 Å². The van der Waals surface area contributed by atoms with E-state index in [-0.39, 0.29) is 11.8 Å². The first-order valence-electron chi connectivity index (χ1n) is 9.53. The summed E-state index contributed by atoms with van der Waals surface area (Å²) < 4.78 is 11.1. The number of nitrogens with one attached hydrogen (secondary N) is 2. The summed E-state index contributed by atoms with van der Waals surface area (Å²) in [5.74, 6) is 1.38.